The Labute approximate surface area is 208 Å². The van der Waals surface area contributed by atoms with Crippen LogP contribution in [-0.4, -0.2) is 42.0 Å². The van der Waals surface area contributed by atoms with Gasteiger partial charge in [0, 0.05) is 6.42 Å². The summed E-state index contributed by atoms with van der Waals surface area (Å²) in [7, 11) is 1.26. The van der Waals surface area contributed by atoms with Gasteiger partial charge >= 0.3 is 6.18 Å². The highest BCUT2D eigenvalue weighted by Gasteiger charge is 2.59. The topological polar surface area (TPSA) is 49.8 Å². The molecular weight excluding hydrogens is 455 g/mol. The number of hydrogen-bond acceptors (Lipinski definition) is 3. The molecule has 0 radical (unpaired) electrons. The fourth-order valence-electron chi connectivity index (χ4n) is 8.84. The van der Waals surface area contributed by atoms with Crippen LogP contribution in [0.3, 0.4) is 0 Å². The molecule has 4 aliphatic carbocycles. The highest BCUT2D eigenvalue weighted by Crippen LogP contribution is 2.67. The minimum absolute atomic E-state index is 0.179. The van der Waals surface area contributed by atoms with Crippen LogP contribution in [0.2, 0.25) is 0 Å². The van der Waals surface area contributed by atoms with E-state index in [9.17, 15) is 23.1 Å². The molecule has 1 amide bonds. The molecule has 0 spiro atoms. The molecule has 7 heteroatoms. The average molecular weight is 500 g/mol. The number of hydroxylamine groups is 2. The van der Waals surface area contributed by atoms with Gasteiger partial charge in [-0.05, 0) is 98.2 Å². The van der Waals surface area contributed by atoms with E-state index in [1.165, 1.54) is 38.4 Å². The fourth-order valence-corrected chi connectivity index (χ4v) is 8.84. The van der Waals surface area contributed by atoms with E-state index >= 15 is 0 Å². The second kappa shape index (κ2) is 10.00. The minimum Gasteiger partial charge on any atom is -0.393 e. The summed E-state index contributed by atoms with van der Waals surface area (Å²) in [6, 6.07) is 0. The lowest BCUT2D eigenvalue weighted by Crippen LogP contribution is -2.50. The van der Waals surface area contributed by atoms with Crippen LogP contribution in [0.4, 0.5) is 13.2 Å². The zero-order valence-electron chi connectivity index (χ0n) is 21.9. The number of aliphatic hydroxyl groups excluding tert-OH is 1. The molecule has 1 N–H and O–H groups in total. The Morgan fingerprint density at radius 2 is 1.94 bits per heavy atom. The van der Waals surface area contributed by atoms with Gasteiger partial charge in [0.05, 0.1) is 26.2 Å². The van der Waals surface area contributed by atoms with E-state index in [4.69, 9.17) is 4.84 Å². The lowest BCUT2D eigenvalue weighted by Gasteiger charge is -2.58. The van der Waals surface area contributed by atoms with Gasteiger partial charge in [-0.2, -0.15) is 13.2 Å². The predicted molar refractivity (Wildman–Crippen MR) is 129 cm³/mol. The van der Waals surface area contributed by atoms with Crippen LogP contribution in [0.15, 0.2) is 11.6 Å². The normalized spacial score (nSPS) is 39.8. The maximum atomic E-state index is 12.6. The van der Waals surface area contributed by atoms with Gasteiger partial charge in [0.2, 0.25) is 5.91 Å². The van der Waals surface area contributed by atoms with Crippen molar-refractivity contribution < 1.29 is 27.9 Å². The Bertz CT molecular complexity index is 814. The highest BCUT2D eigenvalue weighted by molar-refractivity contribution is 5.75. The number of fused-ring (bicyclic) bond motifs is 5. The Morgan fingerprint density at radius 1 is 1.20 bits per heavy atom. The van der Waals surface area contributed by atoms with Crippen LogP contribution < -0.4 is 0 Å². The first-order valence-electron chi connectivity index (χ1n) is 13.7. The van der Waals surface area contributed by atoms with Crippen molar-refractivity contribution in [1.29, 1.82) is 0 Å². The fraction of sp³-hybridized carbons (Fsp3) is 0.893. The molecule has 0 bridgehead atoms. The van der Waals surface area contributed by atoms with Crippen molar-refractivity contribution in [1.82, 2.24) is 5.06 Å². The number of halogens is 3. The van der Waals surface area contributed by atoms with Gasteiger partial charge in [0.25, 0.3) is 0 Å². The Balaban J connectivity index is 1.38. The van der Waals surface area contributed by atoms with E-state index in [0.29, 0.717) is 36.0 Å². The third-order valence-corrected chi connectivity index (χ3v) is 10.7. The van der Waals surface area contributed by atoms with Crippen molar-refractivity contribution in [2.45, 2.75) is 104 Å². The van der Waals surface area contributed by atoms with E-state index in [2.05, 4.69) is 26.8 Å². The maximum absolute atomic E-state index is 12.6. The van der Waals surface area contributed by atoms with Gasteiger partial charge < -0.3 is 5.11 Å². The van der Waals surface area contributed by atoms with Gasteiger partial charge in [-0.3, -0.25) is 9.63 Å². The third-order valence-electron chi connectivity index (χ3n) is 10.7. The minimum atomic E-state index is -4.31. The molecule has 8 atom stereocenters. The first-order valence-corrected chi connectivity index (χ1v) is 13.7. The van der Waals surface area contributed by atoms with Crippen molar-refractivity contribution in [2.24, 2.45) is 40.4 Å². The summed E-state index contributed by atoms with van der Waals surface area (Å²) in [6.07, 6.45) is 6.67. The maximum Gasteiger partial charge on any atom is 0.390 e. The highest BCUT2D eigenvalue weighted by atomic mass is 19.4. The summed E-state index contributed by atoms with van der Waals surface area (Å²) in [4.78, 5) is 17.5. The second-order valence-corrected chi connectivity index (χ2v) is 12.4. The van der Waals surface area contributed by atoms with Gasteiger partial charge in [0.1, 0.15) is 0 Å². The Kier molecular flexibility index (Phi) is 7.70. The molecule has 4 aliphatic rings. The van der Waals surface area contributed by atoms with Gasteiger partial charge in [0.15, 0.2) is 0 Å². The number of carbonyl (C=O) groups excluding carboxylic acids is 1. The van der Waals surface area contributed by atoms with Gasteiger partial charge in [-0.25, -0.2) is 5.06 Å². The SMILES string of the molecule is CON(CCC(F)(F)F)C(=O)CCC(C)[C@H]1CC[C@H]2[C@@H]3CC=C4C[C@@H](O)CC[C@]4(C)[C@H]3CC[C@]12C. The van der Waals surface area contributed by atoms with Crippen molar-refractivity contribution in [3.8, 4) is 0 Å². The van der Waals surface area contributed by atoms with Gasteiger partial charge in [-0.15, -0.1) is 0 Å². The molecule has 0 heterocycles. The molecule has 200 valence electrons. The molecule has 35 heavy (non-hydrogen) atoms. The number of aliphatic hydroxyl groups is 1. The van der Waals surface area contributed by atoms with Crippen LogP contribution >= 0.6 is 0 Å². The molecular formula is C28H44F3NO3. The molecule has 0 saturated heterocycles. The van der Waals surface area contributed by atoms with Crippen LogP contribution in [0.25, 0.3) is 0 Å². The van der Waals surface area contributed by atoms with Crippen molar-refractivity contribution >= 4 is 5.91 Å². The van der Waals surface area contributed by atoms with Crippen molar-refractivity contribution in [2.75, 3.05) is 13.7 Å². The van der Waals surface area contributed by atoms with E-state index in [1.807, 2.05) is 0 Å². The molecule has 1 unspecified atom stereocenters. The van der Waals surface area contributed by atoms with Crippen LogP contribution in [0, 0.1) is 40.4 Å². The first-order chi connectivity index (χ1) is 16.4. The number of alkyl halides is 3. The molecule has 3 fully saturated rings. The standard InChI is InChI=1S/C28H44F3NO3/c1-18(5-10-25(34)32(35-4)16-15-28(29,30)31)22-8-9-23-21-7-6-19-17-20(33)11-13-26(19,2)24(21)12-14-27(22,23)3/h6,18,20-24,33H,5,7-17H2,1-4H3/t18?,20-,21-,22+,23-,24-,26-,27+/m0/s1. The Hall–Kier alpha value is -1.08. The third kappa shape index (κ3) is 5.18. The number of amides is 1. The zero-order chi connectivity index (χ0) is 25.6. The summed E-state index contributed by atoms with van der Waals surface area (Å²) < 4.78 is 37.7. The predicted octanol–water partition coefficient (Wildman–Crippen LogP) is 6.69. The van der Waals surface area contributed by atoms with Crippen molar-refractivity contribution in [3.05, 3.63) is 11.6 Å². The number of carbonyl (C=O) groups is 1. The summed E-state index contributed by atoms with van der Waals surface area (Å²) in [5, 5.41) is 11.1. The number of hydrogen-bond donors (Lipinski definition) is 1. The van der Waals surface area contributed by atoms with Crippen LogP contribution in [-0.2, 0) is 9.63 Å². The molecule has 4 rings (SSSR count). The smallest absolute Gasteiger partial charge is 0.390 e. The summed E-state index contributed by atoms with van der Waals surface area (Å²) in [5.74, 6) is 2.62. The van der Waals surface area contributed by atoms with Crippen LogP contribution in [0.5, 0.6) is 0 Å². The summed E-state index contributed by atoms with van der Waals surface area (Å²) >= 11 is 0. The van der Waals surface area contributed by atoms with E-state index < -0.39 is 19.1 Å². The van der Waals surface area contributed by atoms with Crippen LogP contribution in [0.1, 0.15) is 91.4 Å². The Morgan fingerprint density at radius 3 is 2.63 bits per heavy atom. The average Bonchev–Trinajstić information content (AvgIpc) is 3.15. The van der Waals surface area contributed by atoms with E-state index in [0.717, 1.165) is 30.7 Å². The number of nitrogens with zero attached hydrogens (tertiary/aromatic N) is 1. The van der Waals surface area contributed by atoms with E-state index in [-0.39, 0.29) is 29.3 Å². The van der Waals surface area contributed by atoms with Crippen molar-refractivity contribution in [3.63, 3.8) is 0 Å². The monoisotopic (exact) mass is 499 g/mol. The molecule has 4 nitrogen and oxygen atoms in total. The number of allylic oxidation sites excluding steroid dienone is 1. The largest absolute Gasteiger partial charge is 0.393 e. The molecule has 0 aromatic heterocycles. The van der Waals surface area contributed by atoms with Gasteiger partial charge in [-0.1, -0.05) is 32.4 Å². The zero-order valence-corrected chi connectivity index (χ0v) is 21.9. The first kappa shape index (κ1) is 27.0. The molecule has 3 saturated carbocycles. The lowest BCUT2D eigenvalue weighted by molar-refractivity contribution is -0.191. The number of rotatable bonds is 7. The van der Waals surface area contributed by atoms with E-state index in [1.54, 1.807) is 0 Å². The lowest BCUT2D eigenvalue weighted by atomic mass is 9.47. The quantitative estimate of drug-likeness (QED) is 0.314. The molecule has 0 aromatic carbocycles. The summed E-state index contributed by atoms with van der Waals surface area (Å²) in [5.41, 5.74) is 1.99. The molecule has 0 aliphatic heterocycles. The summed E-state index contributed by atoms with van der Waals surface area (Å²) in [6.45, 7) is 6.70. The second-order valence-electron chi connectivity index (χ2n) is 12.4. The molecule has 0 aromatic rings.